The highest BCUT2D eigenvalue weighted by Crippen LogP contribution is 2.29. The minimum atomic E-state index is -0.222. The van der Waals surface area contributed by atoms with E-state index in [1.54, 1.807) is 19.0 Å². The highest BCUT2D eigenvalue weighted by atomic mass is 16.2. The highest BCUT2D eigenvalue weighted by molar-refractivity contribution is 5.80. The molecule has 0 atom stereocenters. The normalized spacial score (nSPS) is 27.0. The molecule has 0 aliphatic heterocycles. The molecule has 0 aromatic heterocycles. The zero-order valence-electron chi connectivity index (χ0n) is 8.82. The van der Waals surface area contributed by atoms with Crippen LogP contribution in [0.15, 0.2) is 0 Å². The second kappa shape index (κ2) is 4.44. The first-order valence-electron chi connectivity index (χ1n) is 5.03. The van der Waals surface area contributed by atoms with Crippen molar-refractivity contribution >= 4 is 11.8 Å². The first kappa shape index (κ1) is 11.0. The molecule has 1 aliphatic carbocycles. The molecule has 0 aromatic carbocycles. The van der Waals surface area contributed by atoms with E-state index in [0.717, 1.165) is 25.7 Å². The molecular formula is C10H18N2O2. The van der Waals surface area contributed by atoms with Gasteiger partial charge in [-0.25, -0.2) is 0 Å². The second-order valence-electron chi connectivity index (χ2n) is 4.18. The summed E-state index contributed by atoms with van der Waals surface area (Å²) in [5.74, 6) is 0.0375. The molecule has 0 heterocycles. The van der Waals surface area contributed by atoms with Crippen LogP contribution in [-0.2, 0) is 9.59 Å². The molecule has 2 N–H and O–H groups in total. The van der Waals surface area contributed by atoms with Crippen molar-refractivity contribution in [3.8, 4) is 0 Å². The highest BCUT2D eigenvalue weighted by Gasteiger charge is 2.29. The fourth-order valence-electron chi connectivity index (χ4n) is 1.99. The Bertz CT molecular complexity index is 230. The molecule has 80 valence electrons. The molecule has 1 fully saturated rings. The second-order valence-corrected chi connectivity index (χ2v) is 4.18. The van der Waals surface area contributed by atoms with Crippen LogP contribution >= 0.6 is 0 Å². The lowest BCUT2D eigenvalue weighted by Crippen LogP contribution is -2.35. The summed E-state index contributed by atoms with van der Waals surface area (Å²) in [7, 11) is 3.53. The molecule has 14 heavy (non-hydrogen) atoms. The number of carbonyl (C=O) groups excluding carboxylic acids is 2. The number of primary amides is 1. The Labute approximate surface area is 84.4 Å². The average molecular weight is 198 g/mol. The standard InChI is InChI=1S/C10H18N2O2/c1-12(2)10(14)8-5-3-7(4-6-8)9(11)13/h7-8H,3-6H2,1-2H3,(H2,11,13). The quantitative estimate of drug-likeness (QED) is 0.696. The zero-order valence-corrected chi connectivity index (χ0v) is 8.82. The van der Waals surface area contributed by atoms with Gasteiger partial charge in [0.05, 0.1) is 0 Å². The third-order valence-electron chi connectivity index (χ3n) is 2.92. The van der Waals surface area contributed by atoms with Gasteiger partial charge in [0.2, 0.25) is 11.8 Å². The monoisotopic (exact) mass is 198 g/mol. The summed E-state index contributed by atoms with van der Waals surface area (Å²) < 4.78 is 0. The summed E-state index contributed by atoms with van der Waals surface area (Å²) in [6, 6.07) is 0. The minimum Gasteiger partial charge on any atom is -0.369 e. The molecular weight excluding hydrogens is 180 g/mol. The molecule has 1 saturated carbocycles. The third kappa shape index (κ3) is 2.47. The molecule has 2 amide bonds. The Morgan fingerprint density at radius 2 is 1.50 bits per heavy atom. The summed E-state index contributed by atoms with van der Waals surface area (Å²) >= 11 is 0. The fraction of sp³-hybridized carbons (Fsp3) is 0.800. The van der Waals surface area contributed by atoms with Crippen molar-refractivity contribution in [2.45, 2.75) is 25.7 Å². The molecule has 0 unspecified atom stereocenters. The summed E-state index contributed by atoms with van der Waals surface area (Å²) in [4.78, 5) is 24.1. The van der Waals surface area contributed by atoms with Crippen LogP contribution < -0.4 is 5.73 Å². The first-order valence-corrected chi connectivity index (χ1v) is 5.03. The number of amides is 2. The van der Waals surface area contributed by atoms with Crippen LogP contribution in [-0.4, -0.2) is 30.8 Å². The van der Waals surface area contributed by atoms with Crippen molar-refractivity contribution in [3.05, 3.63) is 0 Å². The van der Waals surface area contributed by atoms with Crippen molar-refractivity contribution in [3.63, 3.8) is 0 Å². The molecule has 0 radical (unpaired) electrons. The smallest absolute Gasteiger partial charge is 0.225 e. The molecule has 4 nitrogen and oxygen atoms in total. The predicted octanol–water partition coefficient (Wildman–Crippen LogP) is 0.366. The Morgan fingerprint density at radius 1 is 1.07 bits per heavy atom. The third-order valence-corrected chi connectivity index (χ3v) is 2.92. The van der Waals surface area contributed by atoms with E-state index in [9.17, 15) is 9.59 Å². The summed E-state index contributed by atoms with van der Waals surface area (Å²) in [5, 5.41) is 0. The zero-order chi connectivity index (χ0) is 10.7. The Kier molecular flexibility index (Phi) is 3.49. The van der Waals surface area contributed by atoms with Crippen LogP contribution in [0.4, 0.5) is 0 Å². The summed E-state index contributed by atoms with van der Waals surface area (Å²) in [5.41, 5.74) is 5.21. The lowest BCUT2D eigenvalue weighted by atomic mass is 9.81. The van der Waals surface area contributed by atoms with E-state index < -0.39 is 0 Å². The first-order chi connectivity index (χ1) is 6.52. The topological polar surface area (TPSA) is 63.4 Å². The van der Waals surface area contributed by atoms with Crippen molar-refractivity contribution in [1.29, 1.82) is 0 Å². The van der Waals surface area contributed by atoms with Gasteiger partial charge in [0.25, 0.3) is 0 Å². The van der Waals surface area contributed by atoms with Gasteiger partial charge in [-0.05, 0) is 25.7 Å². The van der Waals surface area contributed by atoms with Crippen molar-refractivity contribution in [1.82, 2.24) is 4.90 Å². The number of hydrogen-bond acceptors (Lipinski definition) is 2. The van der Waals surface area contributed by atoms with Crippen LogP contribution in [0.2, 0.25) is 0 Å². The molecule has 1 rings (SSSR count). The van der Waals surface area contributed by atoms with E-state index in [1.807, 2.05) is 0 Å². The lowest BCUT2D eigenvalue weighted by molar-refractivity contribution is -0.135. The average Bonchev–Trinajstić information content (AvgIpc) is 2.16. The Morgan fingerprint density at radius 3 is 1.86 bits per heavy atom. The number of rotatable bonds is 2. The SMILES string of the molecule is CN(C)C(=O)C1CCC(C(N)=O)CC1. The summed E-state index contributed by atoms with van der Waals surface area (Å²) in [6.07, 6.45) is 3.12. The van der Waals surface area contributed by atoms with E-state index in [0.29, 0.717) is 0 Å². The van der Waals surface area contributed by atoms with Crippen LogP contribution in [0.1, 0.15) is 25.7 Å². The number of nitrogens with zero attached hydrogens (tertiary/aromatic N) is 1. The van der Waals surface area contributed by atoms with Crippen LogP contribution in [0.3, 0.4) is 0 Å². The van der Waals surface area contributed by atoms with Crippen molar-refractivity contribution < 1.29 is 9.59 Å². The molecule has 0 spiro atoms. The van der Waals surface area contributed by atoms with Crippen LogP contribution in [0.5, 0.6) is 0 Å². The maximum Gasteiger partial charge on any atom is 0.225 e. The van der Waals surface area contributed by atoms with Gasteiger partial charge in [-0.15, -0.1) is 0 Å². The van der Waals surface area contributed by atoms with Crippen molar-refractivity contribution in [2.24, 2.45) is 17.6 Å². The van der Waals surface area contributed by atoms with Gasteiger partial charge < -0.3 is 10.6 Å². The Hall–Kier alpha value is -1.06. The van der Waals surface area contributed by atoms with Gasteiger partial charge in [0.15, 0.2) is 0 Å². The molecule has 0 bridgehead atoms. The lowest BCUT2D eigenvalue weighted by Gasteiger charge is -2.27. The van der Waals surface area contributed by atoms with Gasteiger partial charge in [-0.2, -0.15) is 0 Å². The van der Waals surface area contributed by atoms with Crippen LogP contribution in [0.25, 0.3) is 0 Å². The van der Waals surface area contributed by atoms with Crippen molar-refractivity contribution in [2.75, 3.05) is 14.1 Å². The number of hydrogen-bond donors (Lipinski definition) is 1. The minimum absolute atomic E-state index is 0.0128. The fourth-order valence-corrected chi connectivity index (χ4v) is 1.99. The van der Waals surface area contributed by atoms with Gasteiger partial charge in [0.1, 0.15) is 0 Å². The van der Waals surface area contributed by atoms with E-state index in [2.05, 4.69) is 0 Å². The number of nitrogens with two attached hydrogens (primary N) is 1. The van der Waals surface area contributed by atoms with Gasteiger partial charge >= 0.3 is 0 Å². The van der Waals surface area contributed by atoms with E-state index >= 15 is 0 Å². The largest absolute Gasteiger partial charge is 0.369 e. The molecule has 0 aromatic rings. The maximum absolute atomic E-state index is 11.6. The maximum atomic E-state index is 11.6. The Balaban J connectivity index is 2.43. The van der Waals surface area contributed by atoms with E-state index in [-0.39, 0.29) is 23.7 Å². The molecule has 1 aliphatic rings. The van der Waals surface area contributed by atoms with Gasteiger partial charge in [-0.1, -0.05) is 0 Å². The number of carbonyl (C=O) groups is 2. The molecule has 0 saturated heterocycles. The molecule has 4 heteroatoms. The van der Waals surface area contributed by atoms with E-state index in [4.69, 9.17) is 5.73 Å². The van der Waals surface area contributed by atoms with Crippen LogP contribution in [0, 0.1) is 11.8 Å². The van der Waals surface area contributed by atoms with E-state index in [1.165, 1.54) is 0 Å². The van der Waals surface area contributed by atoms with Gasteiger partial charge in [0, 0.05) is 25.9 Å². The summed E-state index contributed by atoms with van der Waals surface area (Å²) in [6.45, 7) is 0. The predicted molar refractivity (Wildman–Crippen MR) is 53.3 cm³/mol. The van der Waals surface area contributed by atoms with Gasteiger partial charge in [-0.3, -0.25) is 9.59 Å².